The molecule has 0 aromatic heterocycles. The maximum absolute atomic E-state index is 13.9. The first kappa shape index (κ1) is 18.8. The molecule has 0 amide bonds. The van der Waals surface area contributed by atoms with Crippen LogP contribution in [0.15, 0.2) is 18.2 Å². The molecular weight excluding hydrogens is 340 g/mol. The second kappa shape index (κ2) is 8.02. The molecule has 0 atom stereocenters. The van der Waals surface area contributed by atoms with Gasteiger partial charge < -0.3 is 5.11 Å². The van der Waals surface area contributed by atoms with Crippen LogP contribution in [0.2, 0.25) is 0 Å². The van der Waals surface area contributed by atoms with Crippen molar-refractivity contribution in [2.45, 2.75) is 38.3 Å². The number of nitrogens with zero attached hydrogens (tertiary/aromatic N) is 1. The smallest absolute Gasteiger partial charge is 0.318 e. The molecule has 1 aliphatic rings. The molecule has 5 nitrogen and oxygen atoms in total. The number of carboxylic acids is 1. The summed E-state index contributed by atoms with van der Waals surface area (Å²) in [5, 5.41) is 8.65. The van der Waals surface area contributed by atoms with E-state index in [1.807, 2.05) is 4.90 Å². The summed E-state index contributed by atoms with van der Waals surface area (Å²) in [7, 11) is -3.71. The van der Waals surface area contributed by atoms with Gasteiger partial charge in [0.15, 0.2) is 9.84 Å². The zero-order chi connectivity index (χ0) is 17.7. The highest BCUT2D eigenvalue weighted by Gasteiger charge is 2.26. The Morgan fingerprint density at radius 3 is 2.50 bits per heavy atom. The van der Waals surface area contributed by atoms with Crippen LogP contribution in [-0.4, -0.2) is 48.5 Å². The van der Waals surface area contributed by atoms with Crippen LogP contribution < -0.4 is 0 Å². The number of hydrogen-bond donors (Lipinski definition) is 1. The number of hydrogen-bond acceptors (Lipinski definition) is 4. The Balaban J connectivity index is 2.09. The van der Waals surface area contributed by atoms with Gasteiger partial charge in [-0.25, -0.2) is 17.2 Å². The number of sulfone groups is 1. The molecule has 0 radical (unpaired) electrons. The molecule has 0 unspecified atom stereocenters. The van der Waals surface area contributed by atoms with Crippen molar-refractivity contribution in [3.05, 3.63) is 35.4 Å². The fraction of sp³-hybridized carbons (Fsp3) is 0.562. The van der Waals surface area contributed by atoms with Crippen molar-refractivity contribution in [1.82, 2.24) is 4.90 Å². The Labute approximate surface area is 140 Å². The van der Waals surface area contributed by atoms with Gasteiger partial charge in [0.05, 0.1) is 5.75 Å². The molecule has 0 aliphatic heterocycles. The standard InChI is InChI=1S/C16H21F2NO4S/c17-13-6-5-12(15(18)9-13)10-19(14-3-1-2-4-14)7-8-24(22,23)11-16(20)21/h5-6,9,14H,1-4,7-8,10-11H2,(H,20,21). The zero-order valence-electron chi connectivity index (χ0n) is 13.2. The third-order valence-corrected chi connectivity index (χ3v) is 5.75. The predicted octanol–water partition coefficient (Wildman–Crippen LogP) is 2.21. The molecule has 2 rings (SSSR count). The Morgan fingerprint density at radius 2 is 1.92 bits per heavy atom. The van der Waals surface area contributed by atoms with Crippen LogP contribution in [-0.2, 0) is 21.2 Å². The van der Waals surface area contributed by atoms with E-state index in [-0.39, 0.29) is 24.9 Å². The summed E-state index contributed by atoms with van der Waals surface area (Å²) < 4.78 is 50.5. The van der Waals surface area contributed by atoms with Gasteiger partial charge in [0.1, 0.15) is 17.4 Å². The van der Waals surface area contributed by atoms with Crippen molar-refractivity contribution >= 4 is 15.8 Å². The van der Waals surface area contributed by atoms with Crippen molar-refractivity contribution < 1.29 is 27.1 Å². The molecule has 1 aromatic rings. The average Bonchev–Trinajstić information content (AvgIpc) is 2.98. The van der Waals surface area contributed by atoms with E-state index >= 15 is 0 Å². The van der Waals surface area contributed by atoms with E-state index in [1.165, 1.54) is 12.1 Å². The molecule has 1 aliphatic carbocycles. The van der Waals surface area contributed by atoms with Crippen molar-refractivity contribution in [2.75, 3.05) is 18.1 Å². The molecule has 24 heavy (non-hydrogen) atoms. The number of carboxylic acid groups (broad SMARTS) is 1. The first-order valence-electron chi connectivity index (χ1n) is 7.87. The average molecular weight is 361 g/mol. The molecule has 134 valence electrons. The predicted molar refractivity (Wildman–Crippen MR) is 85.3 cm³/mol. The lowest BCUT2D eigenvalue weighted by Gasteiger charge is -2.29. The Morgan fingerprint density at radius 1 is 1.25 bits per heavy atom. The molecule has 0 saturated heterocycles. The molecule has 8 heteroatoms. The van der Waals surface area contributed by atoms with Gasteiger partial charge in [0.2, 0.25) is 0 Å². The Kier molecular flexibility index (Phi) is 6.28. The monoisotopic (exact) mass is 361 g/mol. The summed E-state index contributed by atoms with van der Waals surface area (Å²) in [6, 6.07) is 3.48. The molecule has 1 aromatic carbocycles. The quantitative estimate of drug-likeness (QED) is 0.768. The minimum atomic E-state index is -3.71. The minimum Gasteiger partial charge on any atom is -0.480 e. The van der Waals surface area contributed by atoms with E-state index in [1.54, 1.807) is 0 Å². The second-order valence-electron chi connectivity index (χ2n) is 6.13. The lowest BCUT2D eigenvalue weighted by Crippen LogP contribution is -2.37. The van der Waals surface area contributed by atoms with Gasteiger partial charge in [-0.05, 0) is 18.9 Å². The second-order valence-corrected chi connectivity index (χ2v) is 8.31. The highest BCUT2D eigenvalue weighted by Crippen LogP contribution is 2.25. The van der Waals surface area contributed by atoms with Gasteiger partial charge in [-0.2, -0.15) is 0 Å². The highest BCUT2D eigenvalue weighted by atomic mass is 32.2. The highest BCUT2D eigenvalue weighted by molar-refractivity contribution is 7.92. The normalized spacial score (nSPS) is 16.0. The van der Waals surface area contributed by atoms with Crippen LogP contribution in [0.4, 0.5) is 8.78 Å². The Hall–Kier alpha value is -1.54. The molecule has 0 bridgehead atoms. The number of benzene rings is 1. The number of carbonyl (C=O) groups is 1. The summed E-state index contributed by atoms with van der Waals surface area (Å²) in [6.07, 6.45) is 3.83. The molecule has 1 fully saturated rings. The zero-order valence-corrected chi connectivity index (χ0v) is 14.1. The van der Waals surface area contributed by atoms with E-state index < -0.39 is 33.2 Å². The topological polar surface area (TPSA) is 74.7 Å². The minimum absolute atomic E-state index is 0.134. The van der Waals surface area contributed by atoms with Crippen LogP contribution in [0.5, 0.6) is 0 Å². The first-order valence-corrected chi connectivity index (χ1v) is 9.69. The summed E-state index contributed by atoms with van der Waals surface area (Å²) in [6.45, 7) is 0.316. The van der Waals surface area contributed by atoms with Gasteiger partial charge >= 0.3 is 5.97 Å². The van der Waals surface area contributed by atoms with Gasteiger partial charge in [0.25, 0.3) is 0 Å². The molecular formula is C16H21F2NO4S. The summed E-state index contributed by atoms with van der Waals surface area (Å²) in [5.74, 6) is -3.90. The van der Waals surface area contributed by atoms with Crippen LogP contribution in [0, 0.1) is 11.6 Å². The maximum atomic E-state index is 13.9. The van der Waals surface area contributed by atoms with E-state index in [0.717, 1.165) is 31.7 Å². The van der Waals surface area contributed by atoms with E-state index in [0.29, 0.717) is 5.56 Å². The third kappa shape index (κ3) is 5.52. The summed E-state index contributed by atoms with van der Waals surface area (Å²) in [4.78, 5) is 12.5. The SMILES string of the molecule is O=C(O)CS(=O)(=O)CCN(Cc1ccc(F)cc1F)C1CCCC1. The van der Waals surface area contributed by atoms with Crippen LogP contribution in [0.1, 0.15) is 31.2 Å². The van der Waals surface area contributed by atoms with Gasteiger partial charge in [-0.3, -0.25) is 9.69 Å². The van der Waals surface area contributed by atoms with E-state index in [4.69, 9.17) is 5.11 Å². The maximum Gasteiger partial charge on any atom is 0.318 e. The largest absolute Gasteiger partial charge is 0.480 e. The van der Waals surface area contributed by atoms with E-state index in [2.05, 4.69) is 0 Å². The molecule has 1 N–H and O–H groups in total. The lowest BCUT2D eigenvalue weighted by atomic mass is 10.1. The fourth-order valence-electron chi connectivity index (χ4n) is 3.05. The van der Waals surface area contributed by atoms with Crippen molar-refractivity contribution in [2.24, 2.45) is 0 Å². The third-order valence-electron chi connectivity index (χ3n) is 4.26. The number of rotatable bonds is 8. The molecule has 0 heterocycles. The number of aliphatic carboxylic acids is 1. The summed E-state index contributed by atoms with van der Waals surface area (Å²) >= 11 is 0. The fourth-order valence-corrected chi connectivity index (χ4v) is 4.08. The number of halogens is 2. The molecule has 0 spiro atoms. The van der Waals surface area contributed by atoms with Crippen molar-refractivity contribution in [3.63, 3.8) is 0 Å². The molecule has 1 saturated carbocycles. The van der Waals surface area contributed by atoms with Crippen LogP contribution in [0.25, 0.3) is 0 Å². The van der Waals surface area contributed by atoms with Crippen molar-refractivity contribution in [3.8, 4) is 0 Å². The van der Waals surface area contributed by atoms with Gasteiger partial charge in [-0.15, -0.1) is 0 Å². The lowest BCUT2D eigenvalue weighted by molar-refractivity contribution is -0.134. The van der Waals surface area contributed by atoms with E-state index in [9.17, 15) is 22.0 Å². The van der Waals surface area contributed by atoms with Crippen LogP contribution in [0.3, 0.4) is 0 Å². The first-order chi connectivity index (χ1) is 11.3. The van der Waals surface area contributed by atoms with Crippen LogP contribution >= 0.6 is 0 Å². The summed E-state index contributed by atoms with van der Waals surface area (Å²) in [5.41, 5.74) is 0.305. The Bertz CT molecular complexity index is 687. The van der Waals surface area contributed by atoms with Gasteiger partial charge in [-0.1, -0.05) is 18.9 Å². The van der Waals surface area contributed by atoms with Gasteiger partial charge in [0, 0.05) is 30.8 Å². The van der Waals surface area contributed by atoms with Crippen molar-refractivity contribution in [1.29, 1.82) is 0 Å².